The lowest BCUT2D eigenvalue weighted by Gasteiger charge is -2.23. The Bertz CT molecular complexity index is 544. The Hall–Kier alpha value is -1.70. The first-order chi connectivity index (χ1) is 8.77. The Morgan fingerprint density at radius 3 is 2.68 bits per heavy atom. The molecule has 19 heavy (non-hydrogen) atoms. The Morgan fingerprint density at radius 1 is 1.42 bits per heavy atom. The molecule has 0 radical (unpaired) electrons. The number of alkyl halides is 3. The maximum Gasteiger partial charge on any atom is 0.416 e. The molecule has 2 N–H and O–H groups in total. The third-order valence-electron chi connectivity index (χ3n) is 2.49. The highest BCUT2D eigenvalue weighted by molar-refractivity contribution is 8.01. The van der Waals surface area contributed by atoms with E-state index in [9.17, 15) is 22.8 Å². The lowest BCUT2D eigenvalue weighted by atomic mass is 10.1. The van der Waals surface area contributed by atoms with Crippen LogP contribution in [0, 0.1) is 0 Å². The number of nitrogens with one attached hydrogen (secondary N) is 1. The van der Waals surface area contributed by atoms with Crippen molar-refractivity contribution in [2.75, 3.05) is 5.32 Å². The normalized spacial score (nSPS) is 18.7. The SMILES string of the molecule is O=C(O)C[C@H]1Sc2ccc(C(F)(F)F)cc2NC1=O. The van der Waals surface area contributed by atoms with E-state index in [1.165, 1.54) is 6.07 Å². The molecule has 102 valence electrons. The van der Waals surface area contributed by atoms with Gasteiger partial charge >= 0.3 is 12.1 Å². The zero-order valence-electron chi connectivity index (χ0n) is 9.32. The third-order valence-corrected chi connectivity index (χ3v) is 3.76. The van der Waals surface area contributed by atoms with Gasteiger partial charge in [0.05, 0.1) is 22.9 Å². The van der Waals surface area contributed by atoms with Crippen LogP contribution in [0.3, 0.4) is 0 Å². The summed E-state index contributed by atoms with van der Waals surface area (Å²) in [4.78, 5) is 22.6. The molecule has 1 heterocycles. The first-order valence-electron chi connectivity index (χ1n) is 5.18. The summed E-state index contributed by atoms with van der Waals surface area (Å²) in [5.74, 6) is -1.73. The van der Waals surface area contributed by atoms with Crippen molar-refractivity contribution >= 4 is 29.3 Å². The third kappa shape index (κ3) is 3.01. The highest BCUT2D eigenvalue weighted by Gasteiger charge is 2.34. The van der Waals surface area contributed by atoms with Crippen molar-refractivity contribution in [3.05, 3.63) is 23.8 Å². The van der Waals surface area contributed by atoms with Crippen molar-refractivity contribution in [1.29, 1.82) is 0 Å². The molecule has 0 aromatic heterocycles. The van der Waals surface area contributed by atoms with E-state index in [1.54, 1.807) is 0 Å². The Kier molecular flexibility index (Phi) is 3.44. The molecule has 1 aromatic rings. The topological polar surface area (TPSA) is 66.4 Å². The van der Waals surface area contributed by atoms with Gasteiger partial charge in [0.2, 0.25) is 5.91 Å². The summed E-state index contributed by atoms with van der Waals surface area (Å²) in [5, 5.41) is 10.1. The van der Waals surface area contributed by atoms with Crippen LogP contribution in [0.25, 0.3) is 0 Å². The van der Waals surface area contributed by atoms with Gasteiger partial charge in [-0.25, -0.2) is 0 Å². The van der Waals surface area contributed by atoms with E-state index in [4.69, 9.17) is 5.11 Å². The van der Waals surface area contributed by atoms with Crippen molar-refractivity contribution in [3.63, 3.8) is 0 Å². The van der Waals surface area contributed by atoms with Gasteiger partial charge in [0.15, 0.2) is 0 Å². The number of carboxylic acid groups (broad SMARTS) is 1. The van der Waals surface area contributed by atoms with Crippen molar-refractivity contribution in [2.24, 2.45) is 0 Å². The fraction of sp³-hybridized carbons (Fsp3) is 0.273. The summed E-state index contributed by atoms with van der Waals surface area (Å²) in [7, 11) is 0. The minimum absolute atomic E-state index is 0.0615. The summed E-state index contributed by atoms with van der Waals surface area (Å²) >= 11 is 0.953. The molecule has 2 rings (SSSR count). The predicted octanol–water partition coefficient (Wildman–Crippen LogP) is 2.59. The van der Waals surface area contributed by atoms with E-state index >= 15 is 0 Å². The van der Waals surface area contributed by atoms with Crippen molar-refractivity contribution in [2.45, 2.75) is 22.7 Å². The van der Waals surface area contributed by atoms with Gasteiger partial charge in [0, 0.05) is 4.90 Å². The lowest BCUT2D eigenvalue weighted by Crippen LogP contribution is -2.31. The van der Waals surface area contributed by atoms with E-state index in [2.05, 4.69) is 5.32 Å². The fourth-order valence-corrected chi connectivity index (χ4v) is 2.70. The first-order valence-corrected chi connectivity index (χ1v) is 6.06. The largest absolute Gasteiger partial charge is 0.481 e. The molecule has 1 aromatic carbocycles. The molecule has 1 atom stereocenters. The number of carbonyl (C=O) groups is 2. The molecule has 0 bridgehead atoms. The maximum atomic E-state index is 12.5. The van der Waals surface area contributed by atoms with E-state index in [0.717, 1.165) is 23.9 Å². The van der Waals surface area contributed by atoms with E-state index in [1.807, 2.05) is 0 Å². The van der Waals surface area contributed by atoms with Crippen LogP contribution in [-0.4, -0.2) is 22.2 Å². The molecule has 0 spiro atoms. The average Bonchev–Trinajstić information content (AvgIpc) is 2.27. The fourth-order valence-electron chi connectivity index (χ4n) is 1.62. The molecule has 0 aliphatic carbocycles. The van der Waals surface area contributed by atoms with Gasteiger partial charge in [0.25, 0.3) is 0 Å². The van der Waals surface area contributed by atoms with Crippen LogP contribution < -0.4 is 5.32 Å². The highest BCUT2D eigenvalue weighted by Crippen LogP contribution is 2.40. The van der Waals surface area contributed by atoms with Gasteiger partial charge < -0.3 is 10.4 Å². The smallest absolute Gasteiger partial charge is 0.416 e. The van der Waals surface area contributed by atoms with Crippen LogP contribution in [0.2, 0.25) is 0 Å². The molecular formula is C11H8F3NO3S. The number of aliphatic carboxylic acids is 1. The number of fused-ring (bicyclic) bond motifs is 1. The molecular weight excluding hydrogens is 283 g/mol. The molecule has 1 aliphatic rings. The second-order valence-electron chi connectivity index (χ2n) is 3.90. The zero-order chi connectivity index (χ0) is 14.2. The standard InChI is InChI=1S/C11H8F3NO3S/c12-11(13,14)5-1-2-7-6(3-5)15-10(18)8(19-7)4-9(16)17/h1-3,8H,4H2,(H,15,18)(H,16,17)/t8-/m1/s1. The number of carbonyl (C=O) groups excluding carboxylic acids is 1. The van der Waals surface area contributed by atoms with Crippen LogP contribution in [0.4, 0.5) is 18.9 Å². The average molecular weight is 291 g/mol. The monoisotopic (exact) mass is 291 g/mol. The lowest BCUT2D eigenvalue weighted by molar-refractivity contribution is -0.138. The quantitative estimate of drug-likeness (QED) is 0.879. The second kappa shape index (κ2) is 4.76. The highest BCUT2D eigenvalue weighted by atomic mass is 32.2. The number of thioether (sulfide) groups is 1. The van der Waals surface area contributed by atoms with Gasteiger partial charge in [-0.2, -0.15) is 13.2 Å². The number of carboxylic acids is 1. The van der Waals surface area contributed by atoms with Crippen molar-refractivity contribution < 1.29 is 27.9 Å². The summed E-state index contributed by atoms with van der Waals surface area (Å²) in [6.07, 6.45) is -4.86. The van der Waals surface area contributed by atoms with Crippen molar-refractivity contribution in [1.82, 2.24) is 0 Å². The van der Waals surface area contributed by atoms with Crippen LogP contribution >= 0.6 is 11.8 Å². The summed E-state index contributed by atoms with van der Waals surface area (Å²) in [6.45, 7) is 0. The number of hydrogen-bond acceptors (Lipinski definition) is 3. The number of hydrogen-bond donors (Lipinski definition) is 2. The Balaban J connectivity index is 2.28. The molecule has 0 saturated heterocycles. The molecule has 4 nitrogen and oxygen atoms in total. The van der Waals surface area contributed by atoms with E-state index in [0.29, 0.717) is 4.90 Å². The predicted molar refractivity (Wildman–Crippen MR) is 62.0 cm³/mol. The van der Waals surface area contributed by atoms with Crippen LogP contribution in [-0.2, 0) is 15.8 Å². The molecule has 1 aliphatic heterocycles. The number of rotatable bonds is 2. The molecule has 0 unspecified atom stereocenters. The van der Waals surface area contributed by atoms with Gasteiger partial charge in [-0.05, 0) is 18.2 Å². The van der Waals surface area contributed by atoms with Gasteiger partial charge in [0.1, 0.15) is 0 Å². The first kappa shape index (κ1) is 13.7. The number of halogens is 3. The zero-order valence-corrected chi connectivity index (χ0v) is 10.1. The minimum atomic E-state index is -4.48. The number of benzene rings is 1. The van der Waals surface area contributed by atoms with Crippen LogP contribution in [0.1, 0.15) is 12.0 Å². The van der Waals surface area contributed by atoms with Crippen LogP contribution in [0.5, 0.6) is 0 Å². The Labute approximate surface area is 110 Å². The second-order valence-corrected chi connectivity index (χ2v) is 5.15. The number of amides is 1. The van der Waals surface area contributed by atoms with Crippen molar-refractivity contribution in [3.8, 4) is 0 Å². The van der Waals surface area contributed by atoms with Gasteiger partial charge in [-0.1, -0.05) is 0 Å². The molecule has 8 heteroatoms. The number of anilines is 1. The van der Waals surface area contributed by atoms with Crippen LogP contribution in [0.15, 0.2) is 23.1 Å². The summed E-state index contributed by atoms with van der Waals surface area (Å²) in [6, 6.07) is 2.98. The molecule has 0 saturated carbocycles. The molecule has 1 amide bonds. The summed E-state index contributed by atoms with van der Waals surface area (Å²) < 4.78 is 37.5. The van der Waals surface area contributed by atoms with Gasteiger partial charge in [-0.3, -0.25) is 9.59 Å². The minimum Gasteiger partial charge on any atom is -0.481 e. The Morgan fingerprint density at radius 2 is 2.11 bits per heavy atom. The van der Waals surface area contributed by atoms with E-state index in [-0.39, 0.29) is 12.1 Å². The van der Waals surface area contributed by atoms with E-state index < -0.39 is 28.9 Å². The maximum absolute atomic E-state index is 12.5. The van der Waals surface area contributed by atoms with Gasteiger partial charge in [-0.15, -0.1) is 11.8 Å². The molecule has 0 fully saturated rings. The summed E-state index contributed by atoms with van der Waals surface area (Å²) in [5.41, 5.74) is -0.796.